The molecule has 7 heteroatoms. The molecule has 0 radical (unpaired) electrons. The van der Waals surface area contributed by atoms with E-state index < -0.39 is 5.97 Å². The fourth-order valence-corrected chi connectivity index (χ4v) is 2.53. The summed E-state index contributed by atoms with van der Waals surface area (Å²) in [6.07, 6.45) is -0.0464. The van der Waals surface area contributed by atoms with Crippen LogP contribution >= 0.6 is 15.9 Å². The van der Waals surface area contributed by atoms with Gasteiger partial charge in [0, 0.05) is 10.0 Å². The maximum absolute atomic E-state index is 11.3. The molecule has 0 N–H and O–H groups in total. The minimum atomic E-state index is -0.425. The fraction of sp³-hybridized carbons (Fsp3) is 0.167. The molecule has 0 atom stereocenters. The van der Waals surface area contributed by atoms with Gasteiger partial charge in [-0.1, -0.05) is 34.1 Å². The van der Waals surface area contributed by atoms with Crippen LogP contribution in [0.5, 0.6) is 5.75 Å². The van der Waals surface area contributed by atoms with Gasteiger partial charge in [0.2, 0.25) is 11.8 Å². The van der Waals surface area contributed by atoms with Gasteiger partial charge < -0.3 is 13.9 Å². The lowest BCUT2D eigenvalue weighted by atomic mass is 10.1. The number of rotatable bonds is 6. The monoisotopic (exact) mass is 402 g/mol. The van der Waals surface area contributed by atoms with E-state index in [1.165, 1.54) is 7.11 Å². The average molecular weight is 403 g/mol. The highest BCUT2D eigenvalue weighted by Crippen LogP contribution is 2.22. The SMILES string of the molecule is COC(=O)Cc1nnc(-c2cccc(COc3cccc(Br)c3)c2)o1. The first kappa shape index (κ1) is 17.2. The first-order valence-electron chi connectivity index (χ1n) is 7.51. The zero-order chi connectivity index (χ0) is 17.6. The topological polar surface area (TPSA) is 74.5 Å². The van der Waals surface area contributed by atoms with E-state index in [9.17, 15) is 4.79 Å². The van der Waals surface area contributed by atoms with Gasteiger partial charge in [-0.05, 0) is 35.9 Å². The molecule has 0 saturated heterocycles. The summed E-state index contributed by atoms with van der Waals surface area (Å²) in [5, 5.41) is 7.83. The van der Waals surface area contributed by atoms with E-state index in [2.05, 4.69) is 30.9 Å². The van der Waals surface area contributed by atoms with Gasteiger partial charge in [-0.15, -0.1) is 10.2 Å². The predicted octanol–water partition coefficient (Wildman–Crippen LogP) is 3.79. The molecular weight excluding hydrogens is 388 g/mol. The summed E-state index contributed by atoms with van der Waals surface area (Å²) < 4.78 is 16.8. The minimum Gasteiger partial charge on any atom is -0.489 e. The van der Waals surface area contributed by atoms with Crippen LogP contribution in [-0.2, 0) is 22.6 Å². The van der Waals surface area contributed by atoms with Gasteiger partial charge in [0.05, 0.1) is 7.11 Å². The quantitative estimate of drug-likeness (QED) is 0.583. The molecule has 0 amide bonds. The highest BCUT2D eigenvalue weighted by atomic mass is 79.9. The third kappa shape index (κ3) is 4.67. The van der Waals surface area contributed by atoms with Crippen LogP contribution in [0.4, 0.5) is 0 Å². The molecule has 0 saturated carbocycles. The number of hydrogen-bond donors (Lipinski definition) is 0. The van der Waals surface area contributed by atoms with Gasteiger partial charge in [0.1, 0.15) is 18.8 Å². The molecule has 128 valence electrons. The number of esters is 1. The maximum atomic E-state index is 11.3. The van der Waals surface area contributed by atoms with E-state index in [1.54, 1.807) is 0 Å². The van der Waals surface area contributed by atoms with E-state index in [1.807, 2.05) is 48.5 Å². The second kappa shape index (κ2) is 7.94. The van der Waals surface area contributed by atoms with Crippen molar-refractivity contribution in [3.63, 3.8) is 0 Å². The number of benzene rings is 2. The summed E-state index contributed by atoms with van der Waals surface area (Å²) in [6.45, 7) is 0.410. The molecule has 0 aliphatic heterocycles. The Labute approximate surface area is 152 Å². The number of carbonyl (C=O) groups excluding carboxylic acids is 1. The number of methoxy groups -OCH3 is 1. The molecule has 1 aromatic heterocycles. The summed E-state index contributed by atoms with van der Waals surface area (Å²) in [5.74, 6) is 0.921. The Balaban J connectivity index is 1.70. The molecule has 0 unspecified atom stereocenters. The van der Waals surface area contributed by atoms with Gasteiger partial charge >= 0.3 is 5.97 Å². The van der Waals surface area contributed by atoms with Crippen LogP contribution in [0, 0.1) is 0 Å². The van der Waals surface area contributed by atoms with Crippen molar-refractivity contribution in [2.75, 3.05) is 7.11 Å². The lowest BCUT2D eigenvalue weighted by molar-refractivity contribution is -0.140. The van der Waals surface area contributed by atoms with E-state index in [4.69, 9.17) is 9.15 Å². The van der Waals surface area contributed by atoms with Crippen molar-refractivity contribution >= 4 is 21.9 Å². The molecule has 0 aliphatic carbocycles. The summed E-state index contributed by atoms with van der Waals surface area (Å²) in [7, 11) is 1.31. The lowest BCUT2D eigenvalue weighted by Gasteiger charge is -2.07. The Morgan fingerprint density at radius 1 is 1.16 bits per heavy atom. The summed E-state index contributed by atoms with van der Waals surface area (Å²) in [6, 6.07) is 15.3. The molecule has 0 fully saturated rings. The van der Waals surface area contributed by atoms with Gasteiger partial charge in [-0.3, -0.25) is 4.79 Å². The van der Waals surface area contributed by atoms with Gasteiger partial charge in [-0.2, -0.15) is 0 Å². The van der Waals surface area contributed by atoms with Gasteiger partial charge in [-0.25, -0.2) is 0 Å². The number of ether oxygens (including phenoxy) is 2. The second-order valence-electron chi connectivity index (χ2n) is 5.20. The standard InChI is InChI=1S/C18H15BrN2O4/c1-23-17(22)10-16-20-21-18(25-16)13-5-2-4-12(8-13)11-24-15-7-3-6-14(19)9-15/h2-9H,10-11H2,1H3. The zero-order valence-corrected chi connectivity index (χ0v) is 15.0. The minimum absolute atomic E-state index is 0.0464. The van der Waals surface area contributed by atoms with Crippen molar-refractivity contribution in [3.05, 3.63) is 64.5 Å². The highest BCUT2D eigenvalue weighted by molar-refractivity contribution is 9.10. The molecule has 2 aromatic carbocycles. The molecule has 3 rings (SSSR count). The lowest BCUT2D eigenvalue weighted by Crippen LogP contribution is -2.04. The van der Waals surface area contributed by atoms with E-state index in [0.29, 0.717) is 12.5 Å². The van der Waals surface area contributed by atoms with Crippen molar-refractivity contribution in [2.24, 2.45) is 0 Å². The normalized spacial score (nSPS) is 10.5. The average Bonchev–Trinajstić information content (AvgIpc) is 3.09. The van der Waals surface area contributed by atoms with Gasteiger partial charge in [0.15, 0.2) is 0 Å². The highest BCUT2D eigenvalue weighted by Gasteiger charge is 2.13. The fourth-order valence-electron chi connectivity index (χ4n) is 2.15. The van der Waals surface area contributed by atoms with Crippen LogP contribution in [0.1, 0.15) is 11.5 Å². The Morgan fingerprint density at radius 2 is 2.00 bits per heavy atom. The number of carbonyl (C=O) groups is 1. The molecule has 3 aromatic rings. The van der Waals surface area contributed by atoms with Crippen molar-refractivity contribution in [2.45, 2.75) is 13.0 Å². The smallest absolute Gasteiger partial charge is 0.315 e. The Bertz CT molecular complexity index is 879. The van der Waals surface area contributed by atoms with Crippen molar-refractivity contribution in [1.29, 1.82) is 0 Å². The van der Waals surface area contributed by atoms with Crippen molar-refractivity contribution < 1.29 is 18.7 Å². The van der Waals surface area contributed by atoms with Gasteiger partial charge in [0.25, 0.3) is 0 Å². The number of nitrogens with zero attached hydrogens (tertiary/aromatic N) is 2. The number of aromatic nitrogens is 2. The third-order valence-electron chi connectivity index (χ3n) is 3.37. The van der Waals surface area contributed by atoms with Crippen LogP contribution in [0.2, 0.25) is 0 Å². The third-order valence-corrected chi connectivity index (χ3v) is 3.86. The predicted molar refractivity (Wildman–Crippen MR) is 93.9 cm³/mol. The largest absolute Gasteiger partial charge is 0.489 e. The maximum Gasteiger partial charge on any atom is 0.315 e. The molecule has 6 nitrogen and oxygen atoms in total. The first-order valence-corrected chi connectivity index (χ1v) is 8.30. The summed E-state index contributed by atoms with van der Waals surface area (Å²) >= 11 is 3.41. The molecule has 0 spiro atoms. The van der Waals surface area contributed by atoms with E-state index in [-0.39, 0.29) is 12.3 Å². The van der Waals surface area contributed by atoms with Crippen LogP contribution < -0.4 is 4.74 Å². The number of hydrogen-bond acceptors (Lipinski definition) is 6. The Morgan fingerprint density at radius 3 is 2.80 bits per heavy atom. The summed E-state index contributed by atoms with van der Waals surface area (Å²) in [4.78, 5) is 11.3. The van der Waals surface area contributed by atoms with E-state index >= 15 is 0 Å². The van der Waals surface area contributed by atoms with Crippen molar-refractivity contribution in [1.82, 2.24) is 10.2 Å². The van der Waals surface area contributed by atoms with Crippen LogP contribution in [0.15, 0.2) is 57.4 Å². The molecule has 0 aliphatic rings. The Hall–Kier alpha value is -2.67. The van der Waals surface area contributed by atoms with Crippen LogP contribution in [0.25, 0.3) is 11.5 Å². The van der Waals surface area contributed by atoms with E-state index in [0.717, 1.165) is 21.3 Å². The second-order valence-corrected chi connectivity index (χ2v) is 6.12. The van der Waals surface area contributed by atoms with Crippen LogP contribution in [-0.4, -0.2) is 23.3 Å². The van der Waals surface area contributed by atoms with Crippen molar-refractivity contribution in [3.8, 4) is 17.2 Å². The summed E-state index contributed by atoms with van der Waals surface area (Å²) in [5.41, 5.74) is 1.73. The Kier molecular flexibility index (Phi) is 5.45. The molecule has 25 heavy (non-hydrogen) atoms. The van der Waals surface area contributed by atoms with Crippen LogP contribution in [0.3, 0.4) is 0 Å². The zero-order valence-electron chi connectivity index (χ0n) is 13.4. The molecular formula is C18H15BrN2O4. The molecule has 1 heterocycles. The number of halogens is 1. The first-order chi connectivity index (χ1) is 12.1. The molecule has 0 bridgehead atoms.